The molecular weight excluding hydrogens is 416 g/mol. The summed E-state index contributed by atoms with van der Waals surface area (Å²) in [6, 6.07) is 24.5. The number of nitrogens with one attached hydrogen (secondary N) is 1. The first-order chi connectivity index (χ1) is 14.6. The summed E-state index contributed by atoms with van der Waals surface area (Å²) in [7, 11) is 1.52. The number of rotatable bonds is 8. The second-order valence-corrected chi connectivity index (χ2v) is 8.44. The van der Waals surface area contributed by atoms with Crippen LogP contribution in [-0.4, -0.2) is 24.3 Å². The van der Waals surface area contributed by atoms with Gasteiger partial charge >= 0.3 is 0 Å². The van der Waals surface area contributed by atoms with Gasteiger partial charge in [0.05, 0.1) is 17.6 Å². The average Bonchev–Trinajstić information content (AvgIpc) is 2.76. The molecule has 7 heteroatoms. The number of carbonyl (C=O) groups is 1. The fourth-order valence-corrected chi connectivity index (χ4v) is 4.48. The first-order valence-electron chi connectivity index (χ1n) is 9.01. The lowest BCUT2D eigenvalue weighted by Gasteiger charge is -2.07. The molecule has 0 bridgehead atoms. The van der Waals surface area contributed by atoms with Gasteiger partial charge in [0.25, 0.3) is 5.91 Å². The van der Waals surface area contributed by atoms with Crippen LogP contribution in [0.25, 0.3) is 0 Å². The topological polar surface area (TPSA) is 70.9 Å². The van der Waals surface area contributed by atoms with E-state index >= 15 is 0 Å². The monoisotopic (exact) mass is 436 g/mol. The third-order valence-corrected chi connectivity index (χ3v) is 5.94. The number of phenolic OH excluding ortho intramolecular Hbond substituents is 1. The smallest absolute Gasteiger partial charge is 0.265 e. The van der Waals surface area contributed by atoms with E-state index in [1.807, 2.05) is 60.7 Å². The molecule has 0 aliphatic carbocycles. The summed E-state index contributed by atoms with van der Waals surface area (Å²) < 4.78 is 5.86. The number of amides is 1. The number of hydrogen-bond donors (Lipinski definition) is 2. The number of aromatic hydroxyl groups is 1. The lowest BCUT2D eigenvalue weighted by Crippen LogP contribution is -2.14. The van der Waals surface area contributed by atoms with Gasteiger partial charge in [0.1, 0.15) is 11.5 Å². The average molecular weight is 437 g/mol. The van der Waals surface area contributed by atoms with E-state index in [4.69, 9.17) is 4.74 Å². The number of carbonyl (C=O) groups excluding carboxylic acids is 1. The number of nitrogens with zero attached hydrogens (tertiary/aromatic N) is 1. The molecule has 2 N–H and O–H groups in total. The van der Waals surface area contributed by atoms with E-state index in [1.165, 1.54) is 49.0 Å². The zero-order chi connectivity index (χ0) is 21.2. The molecule has 0 aliphatic heterocycles. The van der Waals surface area contributed by atoms with Crippen molar-refractivity contribution in [2.45, 2.75) is 9.79 Å². The minimum absolute atomic E-state index is 0.0165. The number of phenols is 1. The summed E-state index contributed by atoms with van der Waals surface area (Å²) in [5.41, 5.74) is 2.94. The fourth-order valence-electron chi connectivity index (χ4n) is 2.35. The van der Waals surface area contributed by atoms with Crippen LogP contribution >= 0.6 is 23.5 Å². The Labute approximate surface area is 183 Å². The second-order valence-electron chi connectivity index (χ2n) is 5.95. The summed E-state index contributed by atoms with van der Waals surface area (Å²) >= 11 is 3.01. The molecule has 0 saturated carbocycles. The molecule has 0 unspecified atom stereocenters. The molecule has 0 radical (unpaired) electrons. The predicted octanol–water partition coefficient (Wildman–Crippen LogP) is 5.28. The zero-order valence-electron chi connectivity index (χ0n) is 16.2. The molecule has 30 heavy (non-hydrogen) atoms. The van der Waals surface area contributed by atoms with Gasteiger partial charge in [-0.25, -0.2) is 5.43 Å². The normalized spacial score (nSPS) is 10.6. The summed E-state index contributed by atoms with van der Waals surface area (Å²) in [6.45, 7) is 0. The molecule has 0 spiro atoms. The molecule has 0 aromatic heterocycles. The van der Waals surface area contributed by atoms with Crippen LogP contribution < -0.4 is 10.2 Å². The number of benzene rings is 3. The number of ether oxygens (including phenoxy) is 1. The molecule has 1 amide bonds. The van der Waals surface area contributed by atoms with Crippen molar-refractivity contribution in [3.63, 3.8) is 0 Å². The lowest BCUT2D eigenvalue weighted by molar-refractivity contribution is -0.116. The van der Waals surface area contributed by atoms with Gasteiger partial charge in [-0.2, -0.15) is 5.10 Å². The minimum Gasteiger partial charge on any atom is -0.507 e. The number of thioether (sulfide) groups is 2. The molecule has 3 aromatic rings. The van der Waals surface area contributed by atoms with E-state index in [0.717, 1.165) is 14.0 Å². The largest absolute Gasteiger partial charge is 0.507 e. The van der Waals surface area contributed by atoms with Crippen LogP contribution in [0, 0.1) is 0 Å². The first-order valence-corrected chi connectivity index (χ1v) is 10.6. The minimum atomic E-state index is -0.360. The highest BCUT2D eigenvalue weighted by molar-refractivity contribution is 8.22. The summed E-state index contributed by atoms with van der Waals surface area (Å²) in [5.74, 6) is 0.195. The molecule has 0 saturated heterocycles. The lowest BCUT2D eigenvalue weighted by atomic mass is 10.2. The van der Waals surface area contributed by atoms with E-state index in [9.17, 15) is 9.90 Å². The summed E-state index contributed by atoms with van der Waals surface area (Å²) in [5, 5.41) is 13.9. The Kier molecular flexibility index (Phi) is 8.00. The number of hydrogen-bond acceptors (Lipinski definition) is 6. The van der Waals surface area contributed by atoms with Crippen molar-refractivity contribution in [3.8, 4) is 11.5 Å². The molecule has 0 fully saturated rings. The van der Waals surface area contributed by atoms with Gasteiger partial charge in [-0.3, -0.25) is 4.79 Å². The fraction of sp³-hybridized carbons (Fsp3) is 0.0435. The maximum atomic E-state index is 12.4. The Morgan fingerprint density at radius 1 is 0.967 bits per heavy atom. The van der Waals surface area contributed by atoms with Crippen LogP contribution in [0.3, 0.4) is 0 Å². The summed E-state index contributed by atoms with van der Waals surface area (Å²) in [4.78, 5) is 14.5. The van der Waals surface area contributed by atoms with Crippen LogP contribution in [0.2, 0.25) is 0 Å². The van der Waals surface area contributed by atoms with Crippen LogP contribution in [-0.2, 0) is 4.79 Å². The van der Waals surface area contributed by atoms with E-state index in [-0.39, 0.29) is 11.7 Å². The third-order valence-electron chi connectivity index (χ3n) is 3.79. The van der Waals surface area contributed by atoms with Gasteiger partial charge < -0.3 is 9.84 Å². The zero-order valence-corrected chi connectivity index (χ0v) is 17.8. The second kappa shape index (κ2) is 11.1. The Bertz CT molecular complexity index is 995. The molecule has 3 aromatic carbocycles. The van der Waals surface area contributed by atoms with Crippen LogP contribution in [0.15, 0.2) is 104 Å². The van der Waals surface area contributed by atoms with Crippen molar-refractivity contribution in [1.29, 1.82) is 0 Å². The Morgan fingerprint density at radius 3 is 2.10 bits per heavy atom. The standard InChI is InChI=1S/C23H20N2O3S2/c1-28-18-13-12-17(21(26)14-18)16-24-25-22(27)15-23(29-19-8-4-2-5-9-19)30-20-10-6-3-7-11-20/h2-16,26H,1H3,(H,25,27)/b24-16+. The van der Waals surface area contributed by atoms with Gasteiger partial charge in [-0.1, -0.05) is 59.9 Å². The Hall–Kier alpha value is -3.16. The van der Waals surface area contributed by atoms with Gasteiger partial charge in [0.2, 0.25) is 0 Å². The molecule has 0 heterocycles. The first kappa shape index (κ1) is 21.5. The van der Waals surface area contributed by atoms with Crippen molar-refractivity contribution >= 4 is 35.6 Å². The van der Waals surface area contributed by atoms with Crippen molar-refractivity contribution in [3.05, 3.63) is 94.7 Å². The Morgan fingerprint density at radius 2 is 1.57 bits per heavy atom. The van der Waals surface area contributed by atoms with E-state index in [2.05, 4.69) is 10.5 Å². The summed E-state index contributed by atoms with van der Waals surface area (Å²) in [6.07, 6.45) is 2.90. The van der Waals surface area contributed by atoms with Crippen LogP contribution in [0.4, 0.5) is 0 Å². The van der Waals surface area contributed by atoms with E-state index in [0.29, 0.717) is 11.3 Å². The molecule has 152 valence electrons. The SMILES string of the molecule is COc1ccc(/C=N/NC(=O)C=C(Sc2ccccc2)Sc2ccccc2)c(O)c1. The molecule has 5 nitrogen and oxygen atoms in total. The van der Waals surface area contributed by atoms with Crippen molar-refractivity contribution in [2.75, 3.05) is 7.11 Å². The van der Waals surface area contributed by atoms with E-state index in [1.54, 1.807) is 12.1 Å². The maximum absolute atomic E-state index is 12.4. The molecule has 0 atom stereocenters. The van der Waals surface area contributed by atoms with Crippen LogP contribution in [0.5, 0.6) is 11.5 Å². The third kappa shape index (κ3) is 6.72. The van der Waals surface area contributed by atoms with E-state index < -0.39 is 0 Å². The van der Waals surface area contributed by atoms with Crippen molar-refractivity contribution < 1.29 is 14.6 Å². The highest BCUT2D eigenvalue weighted by Crippen LogP contribution is 2.38. The predicted molar refractivity (Wildman–Crippen MR) is 123 cm³/mol. The van der Waals surface area contributed by atoms with Gasteiger partial charge in [0, 0.05) is 27.5 Å². The Balaban J connectivity index is 1.70. The number of hydrazone groups is 1. The number of methoxy groups -OCH3 is 1. The van der Waals surface area contributed by atoms with Gasteiger partial charge in [-0.05, 0) is 36.4 Å². The van der Waals surface area contributed by atoms with Crippen molar-refractivity contribution in [2.24, 2.45) is 5.10 Å². The molecular formula is C23H20N2O3S2. The highest BCUT2D eigenvalue weighted by atomic mass is 32.2. The maximum Gasteiger partial charge on any atom is 0.265 e. The van der Waals surface area contributed by atoms with Gasteiger partial charge in [0.15, 0.2) is 0 Å². The van der Waals surface area contributed by atoms with Gasteiger partial charge in [-0.15, -0.1) is 0 Å². The quantitative estimate of drug-likeness (QED) is 0.218. The van der Waals surface area contributed by atoms with Crippen LogP contribution in [0.1, 0.15) is 5.56 Å². The molecule has 0 aliphatic rings. The van der Waals surface area contributed by atoms with Crippen molar-refractivity contribution in [1.82, 2.24) is 5.43 Å². The molecule has 3 rings (SSSR count). The highest BCUT2D eigenvalue weighted by Gasteiger charge is 2.07.